The van der Waals surface area contributed by atoms with E-state index in [9.17, 15) is 14.9 Å². The van der Waals surface area contributed by atoms with Gasteiger partial charge in [0.1, 0.15) is 0 Å². The largest absolute Gasteiger partial charge is 0.347 e. The van der Waals surface area contributed by atoms with Crippen LogP contribution in [-0.2, 0) is 6.54 Å². The maximum absolute atomic E-state index is 12.3. The molecule has 0 unspecified atom stereocenters. The Morgan fingerprint density at radius 3 is 2.75 bits per heavy atom. The minimum absolute atomic E-state index is 0.0863. The summed E-state index contributed by atoms with van der Waals surface area (Å²) in [7, 11) is 0. The number of ketones is 1. The summed E-state index contributed by atoms with van der Waals surface area (Å²) in [5.74, 6) is -0.257. The van der Waals surface area contributed by atoms with Crippen LogP contribution >= 0.6 is 0 Å². The Kier molecular flexibility index (Phi) is 4.24. The van der Waals surface area contributed by atoms with Crippen molar-refractivity contribution in [3.63, 3.8) is 0 Å². The molecule has 0 bridgehead atoms. The number of non-ortho nitro benzene ring substituents is 1. The lowest BCUT2D eigenvalue weighted by molar-refractivity contribution is -0.384. The Morgan fingerprint density at radius 1 is 1.21 bits per heavy atom. The molecule has 0 aliphatic heterocycles. The fourth-order valence-electron chi connectivity index (χ4n) is 2.70. The summed E-state index contributed by atoms with van der Waals surface area (Å²) in [6.07, 6.45) is 5.22. The number of fused-ring (bicyclic) bond motifs is 1. The summed E-state index contributed by atoms with van der Waals surface area (Å²) in [4.78, 5) is 22.6. The van der Waals surface area contributed by atoms with Crippen LogP contribution in [0, 0.1) is 10.1 Å². The van der Waals surface area contributed by atoms with Crippen molar-refractivity contribution in [2.45, 2.75) is 13.5 Å². The first kappa shape index (κ1) is 15.7. The van der Waals surface area contributed by atoms with Crippen molar-refractivity contribution in [3.8, 4) is 0 Å². The maximum Gasteiger partial charge on any atom is 0.270 e. The van der Waals surface area contributed by atoms with Gasteiger partial charge in [0, 0.05) is 46.9 Å². The van der Waals surface area contributed by atoms with E-state index in [4.69, 9.17) is 0 Å². The predicted octanol–water partition coefficient (Wildman–Crippen LogP) is 4.47. The summed E-state index contributed by atoms with van der Waals surface area (Å²) in [6, 6.07) is 13.8. The van der Waals surface area contributed by atoms with Crippen LogP contribution in [0.15, 0.2) is 60.8 Å². The highest BCUT2D eigenvalue weighted by Gasteiger charge is 2.10. The van der Waals surface area contributed by atoms with E-state index in [0.29, 0.717) is 5.56 Å². The van der Waals surface area contributed by atoms with E-state index in [1.54, 1.807) is 12.1 Å². The van der Waals surface area contributed by atoms with Crippen molar-refractivity contribution in [3.05, 3.63) is 82.0 Å². The first-order chi connectivity index (χ1) is 11.6. The second-order valence-electron chi connectivity index (χ2n) is 5.39. The number of rotatable bonds is 5. The van der Waals surface area contributed by atoms with Crippen LogP contribution in [0.25, 0.3) is 17.0 Å². The van der Waals surface area contributed by atoms with Gasteiger partial charge in [-0.25, -0.2) is 0 Å². The van der Waals surface area contributed by atoms with Crippen LogP contribution in [0.3, 0.4) is 0 Å². The third-order valence-corrected chi connectivity index (χ3v) is 3.92. The van der Waals surface area contributed by atoms with Gasteiger partial charge < -0.3 is 4.57 Å². The van der Waals surface area contributed by atoms with E-state index in [2.05, 4.69) is 11.5 Å². The van der Waals surface area contributed by atoms with Crippen LogP contribution in [0.1, 0.15) is 22.8 Å². The molecule has 0 amide bonds. The van der Waals surface area contributed by atoms with Gasteiger partial charge in [0.05, 0.1) is 4.92 Å². The molecule has 0 radical (unpaired) electrons. The highest BCUT2D eigenvalue weighted by atomic mass is 16.6. The monoisotopic (exact) mass is 320 g/mol. The molecule has 0 N–H and O–H groups in total. The highest BCUT2D eigenvalue weighted by molar-refractivity contribution is 6.08. The summed E-state index contributed by atoms with van der Waals surface area (Å²) in [5, 5.41) is 11.9. The minimum atomic E-state index is -0.505. The van der Waals surface area contributed by atoms with Crippen molar-refractivity contribution in [1.29, 1.82) is 0 Å². The fourth-order valence-corrected chi connectivity index (χ4v) is 2.70. The van der Waals surface area contributed by atoms with E-state index < -0.39 is 4.92 Å². The second kappa shape index (κ2) is 6.50. The highest BCUT2D eigenvalue weighted by Crippen LogP contribution is 2.23. The number of aryl methyl sites for hydroxylation is 1. The number of nitro benzene ring substituents is 1. The smallest absolute Gasteiger partial charge is 0.270 e. The molecule has 1 heterocycles. The summed E-state index contributed by atoms with van der Waals surface area (Å²) < 4.78 is 2.12. The number of benzene rings is 2. The zero-order valence-electron chi connectivity index (χ0n) is 13.2. The maximum atomic E-state index is 12.3. The molecule has 5 nitrogen and oxygen atoms in total. The summed E-state index contributed by atoms with van der Waals surface area (Å²) >= 11 is 0. The molecule has 0 aliphatic carbocycles. The number of allylic oxidation sites excluding steroid dienone is 1. The fraction of sp³-hybridized carbons (Fsp3) is 0.105. The minimum Gasteiger partial charge on any atom is -0.347 e. The average molecular weight is 320 g/mol. The number of hydrogen-bond acceptors (Lipinski definition) is 3. The van der Waals surface area contributed by atoms with Crippen LogP contribution in [-0.4, -0.2) is 15.3 Å². The first-order valence-corrected chi connectivity index (χ1v) is 7.65. The van der Waals surface area contributed by atoms with Crippen LogP contribution in [0.4, 0.5) is 5.69 Å². The van der Waals surface area contributed by atoms with Gasteiger partial charge in [-0.2, -0.15) is 0 Å². The van der Waals surface area contributed by atoms with Gasteiger partial charge in [-0.1, -0.05) is 30.3 Å². The van der Waals surface area contributed by atoms with Gasteiger partial charge in [-0.3, -0.25) is 14.9 Å². The van der Waals surface area contributed by atoms with Gasteiger partial charge >= 0.3 is 0 Å². The van der Waals surface area contributed by atoms with Crippen molar-refractivity contribution < 1.29 is 9.72 Å². The molecule has 0 saturated carbocycles. The lowest BCUT2D eigenvalue weighted by Crippen LogP contribution is -1.96. The van der Waals surface area contributed by atoms with Gasteiger partial charge in [0.25, 0.3) is 5.69 Å². The number of para-hydroxylation sites is 1. The number of hydrogen-bond donors (Lipinski definition) is 0. The third kappa shape index (κ3) is 2.96. The third-order valence-electron chi connectivity index (χ3n) is 3.92. The quantitative estimate of drug-likeness (QED) is 0.301. The first-order valence-electron chi connectivity index (χ1n) is 7.65. The number of carbonyl (C=O) groups is 1. The molecule has 3 rings (SSSR count). The molecule has 24 heavy (non-hydrogen) atoms. The molecular weight excluding hydrogens is 304 g/mol. The van der Waals surface area contributed by atoms with E-state index in [0.717, 1.165) is 23.0 Å². The number of nitro groups is 1. The lowest BCUT2D eigenvalue weighted by Gasteiger charge is -1.97. The van der Waals surface area contributed by atoms with E-state index in [-0.39, 0.29) is 11.5 Å². The lowest BCUT2D eigenvalue weighted by atomic mass is 10.1. The number of nitrogens with zero attached hydrogens (tertiary/aromatic N) is 2. The van der Waals surface area contributed by atoms with Crippen molar-refractivity contribution in [1.82, 2.24) is 4.57 Å². The Balaban J connectivity index is 1.92. The standard InChI is InChI=1S/C19H16N2O3/c1-2-20-13-15(17-8-3-4-9-18(17)20)10-11-19(22)14-6-5-7-16(12-14)21(23)24/h3-13H,2H2,1H3/b11-10+. The average Bonchev–Trinajstić information content (AvgIpc) is 2.98. The SMILES string of the molecule is CCn1cc(/C=C/C(=O)c2cccc([N+](=O)[O-])c2)c2ccccc21. The topological polar surface area (TPSA) is 65.1 Å². The summed E-state index contributed by atoms with van der Waals surface area (Å²) in [6.45, 7) is 2.90. The number of aromatic nitrogens is 1. The molecule has 0 saturated heterocycles. The predicted molar refractivity (Wildman–Crippen MR) is 94.1 cm³/mol. The second-order valence-corrected chi connectivity index (χ2v) is 5.39. The van der Waals surface area contributed by atoms with Crippen LogP contribution < -0.4 is 0 Å². The van der Waals surface area contributed by atoms with Gasteiger partial charge in [-0.15, -0.1) is 0 Å². The molecule has 0 spiro atoms. The Morgan fingerprint density at radius 2 is 2.00 bits per heavy atom. The molecule has 2 aromatic carbocycles. The van der Waals surface area contributed by atoms with Gasteiger partial charge in [0.2, 0.25) is 0 Å². The molecule has 5 heteroatoms. The van der Waals surface area contributed by atoms with Crippen molar-refractivity contribution >= 4 is 28.4 Å². The van der Waals surface area contributed by atoms with Gasteiger partial charge in [-0.05, 0) is 25.1 Å². The molecule has 3 aromatic rings. The zero-order chi connectivity index (χ0) is 17.1. The summed E-state index contributed by atoms with van der Waals surface area (Å²) in [5.41, 5.74) is 2.28. The van der Waals surface area contributed by atoms with Crippen LogP contribution in [0.2, 0.25) is 0 Å². The van der Waals surface area contributed by atoms with Crippen LogP contribution in [0.5, 0.6) is 0 Å². The Hall–Kier alpha value is -3.21. The normalized spacial score (nSPS) is 11.2. The molecule has 120 valence electrons. The molecule has 0 aliphatic rings. The molecular formula is C19H16N2O3. The van der Waals surface area contributed by atoms with Crippen molar-refractivity contribution in [2.75, 3.05) is 0 Å². The van der Waals surface area contributed by atoms with Crippen molar-refractivity contribution in [2.24, 2.45) is 0 Å². The molecule has 0 atom stereocenters. The van der Waals surface area contributed by atoms with E-state index >= 15 is 0 Å². The Bertz CT molecular complexity index is 954. The van der Waals surface area contributed by atoms with E-state index in [1.807, 2.05) is 30.5 Å². The molecule has 1 aromatic heterocycles. The van der Waals surface area contributed by atoms with E-state index in [1.165, 1.54) is 24.3 Å². The zero-order valence-corrected chi connectivity index (χ0v) is 13.2. The number of carbonyl (C=O) groups excluding carboxylic acids is 1. The van der Waals surface area contributed by atoms with Gasteiger partial charge in [0.15, 0.2) is 5.78 Å². The Labute approximate surface area is 139 Å². The molecule has 0 fully saturated rings.